The molecular formula is C22H28O3. The first-order valence-corrected chi connectivity index (χ1v) is 8.62. The van der Waals surface area contributed by atoms with Gasteiger partial charge in [-0.3, -0.25) is 0 Å². The Bertz CT molecular complexity index is 622. The molecule has 0 aliphatic heterocycles. The fourth-order valence-electron chi connectivity index (χ4n) is 2.66. The number of ether oxygens (including phenoxy) is 2. The van der Waals surface area contributed by atoms with Crippen LogP contribution < -0.4 is 0 Å². The van der Waals surface area contributed by atoms with Crippen LogP contribution in [0.25, 0.3) is 0 Å². The normalized spacial score (nSPS) is 14.0. The molecule has 0 amide bonds. The number of hydrogen-bond donors (Lipinski definition) is 1. The number of benzene rings is 2. The van der Waals surface area contributed by atoms with Gasteiger partial charge >= 0.3 is 0 Å². The van der Waals surface area contributed by atoms with Gasteiger partial charge in [-0.05, 0) is 11.1 Å². The molecule has 0 unspecified atom stereocenters. The Morgan fingerprint density at radius 3 is 2.00 bits per heavy atom. The van der Waals surface area contributed by atoms with Crippen LogP contribution in [0.15, 0.2) is 73.3 Å². The lowest BCUT2D eigenvalue weighted by atomic mass is 9.83. The van der Waals surface area contributed by atoms with Crippen LogP contribution in [0.1, 0.15) is 25.0 Å². The summed E-state index contributed by atoms with van der Waals surface area (Å²) in [5, 5.41) is 10.6. The lowest BCUT2D eigenvalue weighted by Crippen LogP contribution is -2.43. The Balaban J connectivity index is 1.93. The molecule has 25 heavy (non-hydrogen) atoms. The Labute approximate surface area is 150 Å². The number of aliphatic hydroxyl groups is 1. The lowest BCUT2D eigenvalue weighted by molar-refractivity contribution is -0.115. The summed E-state index contributed by atoms with van der Waals surface area (Å²) in [7, 11) is 0. The van der Waals surface area contributed by atoms with E-state index in [1.54, 1.807) is 0 Å². The van der Waals surface area contributed by atoms with Gasteiger partial charge in [0, 0.05) is 5.41 Å². The summed E-state index contributed by atoms with van der Waals surface area (Å²) in [5.41, 5.74) is 1.79. The zero-order valence-corrected chi connectivity index (χ0v) is 15.1. The third-order valence-corrected chi connectivity index (χ3v) is 4.28. The van der Waals surface area contributed by atoms with Crippen LogP contribution in [0, 0.1) is 5.41 Å². The Morgan fingerprint density at radius 1 is 0.960 bits per heavy atom. The topological polar surface area (TPSA) is 38.7 Å². The van der Waals surface area contributed by atoms with Crippen LogP contribution in [0.3, 0.4) is 0 Å². The van der Waals surface area contributed by atoms with Gasteiger partial charge in [0.05, 0.1) is 25.9 Å². The second-order valence-electron chi connectivity index (χ2n) is 6.81. The molecule has 0 heterocycles. The Hall–Kier alpha value is -1.94. The maximum absolute atomic E-state index is 10.6. The minimum absolute atomic E-state index is 0.214. The van der Waals surface area contributed by atoms with Crippen LogP contribution >= 0.6 is 0 Å². The van der Waals surface area contributed by atoms with Gasteiger partial charge in [-0.2, -0.15) is 0 Å². The summed E-state index contributed by atoms with van der Waals surface area (Å²) < 4.78 is 11.7. The van der Waals surface area contributed by atoms with Crippen LogP contribution in [-0.4, -0.2) is 23.9 Å². The molecule has 2 aromatic rings. The molecule has 0 aliphatic carbocycles. The third-order valence-electron chi connectivity index (χ3n) is 4.28. The molecule has 2 atom stereocenters. The largest absolute Gasteiger partial charge is 0.388 e. The molecule has 1 N–H and O–H groups in total. The highest BCUT2D eigenvalue weighted by atomic mass is 16.5. The monoisotopic (exact) mass is 340 g/mol. The predicted molar refractivity (Wildman–Crippen MR) is 101 cm³/mol. The van der Waals surface area contributed by atoms with Gasteiger partial charge in [-0.15, -0.1) is 6.58 Å². The average molecular weight is 340 g/mol. The van der Waals surface area contributed by atoms with E-state index < -0.39 is 12.2 Å². The van der Waals surface area contributed by atoms with Crippen molar-refractivity contribution in [3.8, 4) is 0 Å². The minimum Gasteiger partial charge on any atom is -0.388 e. The molecule has 0 fully saturated rings. The number of rotatable bonds is 10. The SMILES string of the molecule is C=CC(C)(C)[C@H](OCc1ccccc1)[C@H](O)COCc1ccccc1. The molecule has 3 heteroatoms. The lowest BCUT2D eigenvalue weighted by Gasteiger charge is -2.35. The first-order chi connectivity index (χ1) is 12.0. The minimum atomic E-state index is -0.736. The van der Waals surface area contributed by atoms with Crippen molar-refractivity contribution in [3.63, 3.8) is 0 Å². The predicted octanol–water partition coefficient (Wildman–Crippen LogP) is 4.36. The molecule has 0 saturated heterocycles. The molecule has 0 spiro atoms. The van der Waals surface area contributed by atoms with Gasteiger partial charge in [0.15, 0.2) is 0 Å². The van der Waals surface area contributed by atoms with Crippen molar-refractivity contribution < 1.29 is 14.6 Å². The van der Waals surface area contributed by atoms with Crippen molar-refractivity contribution in [2.45, 2.75) is 39.3 Å². The zero-order valence-electron chi connectivity index (χ0n) is 15.1. The fraction of sp³-hybridized carbons (Fsp3) is 0.364. The molecule has 0 aliphatic rings. The second kappa shape index (κ2) is 9.52. The zero-order chi connectivity index (χ0) is 18.1. The average Bonchev–Trinajstić information content (AvgIpc) is 2.63. The molecule has 0 aromatic heterocycles. The standard InChI is InChI=1S/C22H28O3/c1-4-22(2,3)21(25-16-19-13-9-6-10-14-19)20(23)17-24-15-18-11-7-5-8-12-18/h4-14,20-21,23H,1,15-17H2,2-3H3/t20-,21-/m1/s1. The molecule has 0 saturated carbocycles. The summed E-state index contributed by atoms with van der Waals surface area (Å²) in [6.45, 7) is 9.03. The summed E-state index contributed by atoms with van der Waals surface area (Å²) in [6, 6.07) is 19.9. The highest BCUT2D eigenvalue weighted by Gasteiger charge is 2.33. The van der Waals surface area contributed by atoms with E-state index in [4.69, 9.17) is 9.47 Å². The van der Waals surface area contributed by atoms with Crippen molar-refractivity contribution in [1.82, 2.24) is 0 Å². The smallest absolute Gasteiger partial charge is 0.104 e. The fourth-order valence-corrected chi connectivity index (χ4v) is 2.66. The first kappa shape index (κ1) is 19.4. The van der Waals surface area contributed by atoms with Gasteiger partial charge in [-0.1, -0.05) is 80.6 Å². The van der Waals surface area contributed by atoms with E-state index in [-0.39, 0.29) is 12.0 Å². The van der Waals surface area contributed by atoms with Crippen LogP contribution in [0.4, 0.5) is 0 Å². The molecule has 0 bridgehead atoms. The Kier molecular flexibility index (Phi) is 7.38. The summed E-state index contributed by atoms with van der Waals surface area (Å²) in [6.07, 6.45) is 0.685. The van der Waals surface area contributed by atoms with Gasteiger partial charge in [-0.25, -0.2) is 0 Å². The highest BCUT2D eigenvalue weighted by Crippen LogP contribution is 2.28. The van der Waals surface area contributed by atoms with Gasteiger partial charge in [0.2, 0.25) is 0 Å². The van der Waals surface area contributed by atoms with Crippen molar-refractivity contribution in [3.05, 3.63) is 84.4 Å². The molecule has 2 rings (SSSR count). The Morgan fingerprint density at radius 2 is 1.48 bits per heavy atom. The van der Waals surface area contributed by atoms with Crippen molar-refractivity contribution in [2.75, 3.05) is 6.61 Å². The van der Waals surface area contributed by atoms with E-state index in [1.165, 1.54) is 0 Å². The maximum atomic E-state index is 10.6. The van der Waals surface area contributed by atoms with Gasteiger partial charge in [0.25, 0.3) is 0 Å². The van der Waals surface area contributed by atoms with Crippen molar-refractivity contribution in [2.24, 2.45) is 5.41 Å². The van der Waals surface area contributed by atoms with Crippen molar-refractivity contribution >= 4 is 0 Å². The van der Waals surface area contributed by atoms with E-state index in [0.29, 0.717) is 13.2 Å². The van der Waals surface area contributed by atoms with Gasteiger partial charge < -0.3 is 14.6 Å². The van der Waals surface area contributed by atoms with E-state index in [2.05, 4.69) is 6.58 Å². The van der Waals surface area contributed by atoms with Gasteiger partial charge in [0.1, 0.15) is 6.10 Å². The van der Waals surface area contributed by atoms with E-state index in [0.717, 1.165) is 11.1 Å². The van der Waals surface area contributed by atoms with E-state index >= 15 is 0 Å². The quantitative estimate of drug-likeness (QED) is 0.653. The molecule has 2 aromatic carbocycles. The summed E-state index contributed by atoms with van der Waals surface area (Å²) in [4.78, 5) is 0. The highest BCUT2D eigenvalue weighted by molar-refractivity contribution is 5.14. The summed E-state index contributed by atoms with van der Waals surface area (Å²) in [5.74, 6) is 0. The molecule has 3 nitrogen and oxygen atoms in total. The molecule has 0 radical (unpaired) electrons. The first-order valence-electron chi connectivity index (χ1n) is 8.62. The number of hydrogen-bond acceptors (Lipinski definition) is 3. The molecular weight excluding hydrogens is 312 g/mol. The van der Waals surface area contributed by atoms with Crippen LogP contribution in [-0.2, 0) is 22.7 Å². The van der Waals surface area contributed by atoms with Crippen molar-refractivity contribution in [1.29, 1.82) is 0 Å². The molecule has 134 valence electrons. The van der Waals surface area contributed by atoms with Crippen LogP contribution in [0.5, 0.6) is 0 Å². The summed E-state index contributed by atoms with van der Waals surface area (Å²) >= 11 is 0. The second-order valence-corrected chi connectivity index (χ2v) is 6.81. The number of aliphatic hydroxyl groups excluding tert-OH is 1. The third kappa shape index (κ3) is 6.13. The maximum Gasteiger partial charge on any atom is 0.104 e. The van der Waals surface area contributed by atoms with E-state index in [1.807, 2.05) is 80.6 Å². The van der Waals surface area contributed by atoms with E-state index in [9.17, 15) is 5.11 Å². The van der Waals surface area contributed by atoms with Crippen LogP contribution in [0.2, 0.25) is 0 Å².